The van der Waals surface area contributed by atoms with Crippen LogP contribution in [0.4, 0.5) is 0 Å². The first kappa shape index (κ1) is 12.8. The minimum Gasteiger partial charge on any atom is -0.337 e. The highest BCUT2D eigenvalue weighted by Gasteiger charge is 2.36. The lowest BCUT2D eigenvalue weighted by Crippen LogP contribution is -2.58. The van der Waals surface area contributed by atoms with Crippen molar-refractivity contribution in [3.63, 3.8) is 0 Å². The van der Waals surface area contributed by atoms with Gasteiger partial charge in [0.25, 0.3) is 0 Å². The topological polar surface area (TPSA) is 46.3 Å². The molecule has 0 spiro atoms. The molecule has 1 unspecified atom stereocenters. The molecule has 88 valence electrons. The lowest BCUT2D eigenvalue weighted by atomic mass is 9.92. The van der Waals surface area contributed by atoms with Crippen LogP contribution in [0.1, 0.15) is 33.6 Å². The molecule has 1 amide bonds. The number of hydrogen-bond donors (Lipinski definition) is 1. The molecule has 3 nitrogen and oxygen atoms in total. The molecule has 0 aliphatic carbocycles. The molecule has 0 radical (unpaired) electrons. The molecule has 2 N–H and O–H groups in total. The van der Waals surface area contributed by atoms with Crippen LogP contribution in [-0.2, 0) is 4.79 Å². The van der Waals surface area contributed by atoms with Crippen LogP contribution in [0.25, 0.3) is 0 Å². The number of hydrogen-bond acceptors (Lipinski definition) is 3. The number of rotatable bonds is 3. The van der Waals surface area contributed by atoms with Gasteiger partial charge in [0.1, 0.15) is 0 Å². The monoisotopic (exact) mass is 230 g/mol. The summed E-state index contributed by atoms with van der Waals surface area (Å²) >= 11 is 1.92. The first-order valence-corrected chi connectivity index (χ1v) is 6.88. The van der Waals surface area contributed by atoms with Crippen LogP contribution in [-0.4, -0.2) is 40.4 Å². The molecule has 15 heavy (non-hydrogen) atoms. The van der Waals surface area contributed by atoms with Crippen molar-refractivity contribution in [2.75, 3.05) is 18.1 Å². The fourth-order valence-corrected chi connectivity index (χ4v) is 2.88. The van der Waals surface area contributed by atoms with Crippen LogP contribution in [0.15, 0.2) is 0 Å². The number of nitrogens with two attached hydrogens (primary N) is 1. The number of carbonyl (C=O) groups is 1. The van der Waals surface area contributed by atoms with E-state index < -0.39 is 5.54 Å². The van der Waals surface area contributed by atoms with E-state index in [1.807, 2.05) is 30.5 Å². The molecule has 1 atom stereocenters. The Morgan fingerprint density at radius 3 is 2.60 bits per heavy atom. The first-order valence-electron chi connectivity index (χ1n) is 5.73. The predicted octanol–water partition coefficient (Wildman–Crippen LogP) is 1.47. The first-order chi connectivity index (χ1) is 7.05. The van der Waals surface area contributed by atoms with E-state index in [-0.39, 0.29) is 5.91 Å². The molecule has 1 aliphatic rings. The van der Waals surface area contributed by atoms with Gasteiger partial charge >= 0.3 is 0 Å². The van der Waals surface area contributed by atoms with Crippen LogP contribution < -0.4 is 5.73 Å². The Bertz CT molecular complexity index is 229. The zero-order valence-corrected chi connectivity index (χ0v) is 10.8. The van der Waals surface area contributed by atoms with Gasteiger partial charge < -0.3 is 10.6 Å². The van der Waals surface area contributed by atoms with Gasteiger partial charge in [-0.25, -0.2) is 0 Å². The standard InChI is InChI=1S/C11H22N2OS/c1-4-11(12,5-2)10(14)13-6-7-15-8-9(13)3/h9H,4-8,12H2,1-3H3. The Morgan fingerprint density at radius 2 is 2.13 bits per heavy atom. The van der Waals surface area contributed by atoms with Crippen LogP contribution in [0.5, 0.6) is 0 Å². The molecule has 4 heteroatoms. The summed E-state index contributed by atoms with van der Waals surface area (Å²) < 4.78 is 0. The second-order valence-electron chi connectivity index (χ2n) is 4.29. The third kappa shape index (κ3) is 2.67. The van der Waals surface area contributed by atoms with E-state index in [4.69, 9.17) is 5.73 Å². The van der Waals surface area contributed by atoms with Crippen molar-refractivity contribution in [3.05, 3.63) is 0 Å². The van der Waals surface area contributed by atoms with Gasteiger partial charge in [-0.05, 0) is 19.8 Å². The molecule has 0 aromatic heterocycles. The largest absolute Gasteiger partial charge is 0.337 e. The van der Waals surface area contributed by atoms with Gasteiger partial charge in [0.05, 0.1) is 5.54 Å². The van der Waals surface area contributed by atoms with E-state index in [1.54, 1.807) is 0 Å². The molecule has 0 bridgehead atoms. The van der Waals surface area contributed by atoms with Crippen molar-refractivity contribution in [1.82, 2.24) is 4.90 Å². The van der Waals surface area contributed by atoms with Crippen LogP contribution >= 0.6 is 11.8 Å². The van der Waals surface area contributed by atoms with Gasteiger partial charge in [0.15, 0.2) is 0 Å². The average molecular weight is 230 g/mol. The summed E-state index contributed by atoms with van der Waals surface area (Å²) in [5.41, 5.74) is 5.49. The Balaban J connectivity index is 2.73. The molecule has 1 aliphatic heterocycles. The summed E-state index contributed by atoms with van der Waals surface area (Å²) in [6.45, 7) is 6.94. The zero-order chi connectivity index (χ0) is 11.5. The second-order valence-corrected chi connectivity index (χ2v) is 5.44. The van der Waals surface area contributed by atoms with Crippen LogP contribution in [0.2, 0.25) is 0 Å². The van der Waals surface area contributed by atoms with Gasteiger partial charge in [0.2, 0.25) is 5.91 Å². The molecule has 1 fully saturated rings. The smallest absolute Gasteiger partial charge is 0.242 e. The van der Waals surface area contributed by atoms with Crippen molar-refractivity contribution in [2.45, 2.75) is 45.2 Å². The van der Waals surface area contributed by atoms with Gasteiger partial charge in [-0.15, -0.1) is 0 Å². The molecule has 1 heterocycles. The zero-order valence-electron chi connectivity index (χ0n) is 9.95. The number of nitrogens with zero attached hydrogens (tertiary/aromatic N) is 1. The molecule has 0 aromatic carbocycles. The summed E-state index contributed by atoms with van der Waals surface area (Å²) in [6.07, 6.45) is 1.44. The van der Waals surface area contributed by atoms with E-state index >= 15 is 0 Å². The number of carbonyl (C=O) groups excluding carboxylic acids is 1. The maximum absolute atomic E-state index is 12.3. The van der Waals surface area contributed by atoms with Crippen molar-refractivity contribution < 1.29 is 4.79 Å². The fraction of sp³-hybridized carbons (Fsp3) is 0.909. The highest BCUT2D eigenvalue weighted by Crippen LogP contribution is 2.22. The molecule has 1 saturated heterocycles. The summed E-state index contributed by atoms with van der Waals surface area (Å²) in [6, 6.07) is 0.331. The minimum atomic E-state index is -0.643. The summed E-state index contributed by atoms with van der Waals surface area (Å²) in [7, 11) is 0. The van der Waals surface area contributed by atoms with Gasteiger partial charge in [-0.2, -0.15) is 11.8 Å². The lowest BCUT2D eigenvalue weighted by Gasteiger charge is -2.39. The summed E-state index contributed by atoms with van der Waals surface area (Å²) in [4.78, 5) is 14.2. The normalized spacial score (nSPS) is 22.9. The van der Waals surface area contributed by atoms with E-state index in [2.05, 4.69) is 6.92 Å². The number of thioether (sulfide) groups is 1. The maximum Gasteiger partial charge on any atom is 0.242 e. The van der Waals surface area contributed by atoms with Gasteiger partial charge in [0, 0.05) is 24.1 Å². The Morgan fingerprint density at radius 1 is 1.53 bits per heavy atom. The van der Waals surface area contributed by atoms with Crippen molar-refractivity contribution in [3.8, 4) is 0 Å². The van der Waals surface area contributed by atoms with Crippen molar-refractivity contribution in [2.24, 2.45) is 5.73 Å². The molecule has 1 rings (SSSR count). The average Bonchev–Trinajstić information content (AvgIpc) is 2.28. The van der Waals surface area contributed by atoms with E-state index in [1.165, 1.54) is 0 Å². The van der Waals surface area contributed by atoms with Crippen molar-refractivity contribution in [1.29, 1.82) is 0 Å². The minimum absolute atomic E-state index is 0.139. The number of amides is 1. The van der Waals surface area contributed by atoms with Crippen LogP contribution in [0.3, 0.4) is 0 Å². The Kier molecular flexibility index (Phi) is 4.46. The molecular weight excluding hydrogens is 208 g/mol. The third-order valence-electron chi connectivity index (χ3n) is 3.32. The van der Waals surface area contributed by atoms with Gasteiger partial charge in [-0.3, -0.25) is 4.79 Å². The summed E-state index contributed by atoms with van der Waals surface area (Å²) in [5, 5.41) is 0. The lowest BCUT2D eigenvalue weighted by molar-refractivity contribution is -0.138. The third-order valence-corrected chi connectivity index (χ3v) is 4.51. The van der Waals surface area contributed by atoms with Crippen molar-refractivity contribution >= 4 is 17.7 Å². The highest BCUT2D eigenvalue weighted by molar-refractivity contribution is 7.99. The molecule has 0 aromatic rings. The Labute approximate surface area is 96.8 Å². The highest BCUT2D eigenvalue weighted by atomic mass is 32.2. The quantitative estimate of drug-likeness (QED) is 0.798. The second kappa shape index (κ2) is 5.21. The SMILES string of the molecule is CCC(N)(CC)C(=O)N1CCSCC1C. The predicted molar refractivity (Wildman–Crippen MR) is 66.0 cm³/mol. The van der Waals surface area contributed by atoms with E-state index in [0.29, 0.717) is 6.04 Å². The van der Waals surface area contributed by atoms with E-state index in [9.17, 15) is 4.79 Å². The molecular formula is C11H22N2OS. The maximum atomic E-state index is 12.3. The van der Waals surface area contributed by atoms with Gasteiger partial charge in [-0.1, -0.05) is 13.8 Å². The van der Waals surface area contributed by atoms with E-state index in [0.717, 1.165) is 30.9 Å². The fourth-order valence-electron chi connectivity index (χ4n) is 1.87. The Hall–Kier alpha value is -0.220. The molecule has 0 saturated carbocycles. The summed E-state index contributed by atoms with van der Waals surface area (Å²) in [5.74, 6) is 2.22. The van der Waals surface area contributed by atoms with Crippen LogP contribution in [0, 0.1) is 0 Å².